The molecule has 3 nitrogen and oxygen atoms in total. The topological polar surface area (TPSA) is 35.5 Å². The number of likely N-dealkylation sites (N-methyl/N-ethyl adjacent to an activating group) is 2. The molecule has 19 heavy (non-hydrogen) atoms. The normalized spacial score (nSPS) is 16.3. The lowest BCUT2D eigenvalue weighted by Gasteiger charge is -2.43. The second kappa shape index (κ2) is 6.92. The fourth-order valence-corrected chi connectivity index (χ4v) is 2.50. The van der Waals surface area contributed by atoms with E-state index in [9.17, 15) is 5.11 Å². The van der Waals surface area contributed by atoms with Crippen LogP contribution in [0.4, 0.5) is 0 Å². The van der Waals surface area contributed by atoms with Crippen LogP contribution >= 0.6 is 0 Å². The molecule has 2 atom stereocenters. The highest BCUT2D eigenvalue weighted by Crippen LogP contribution is 2.24. The first-order chi connectivity index (χ1) is 8.93. The Morgan fingerprint density at radius 3 is 2.21 bits per heavy atom. The Morgan fingerprint density at radius 2 is 1.79 bits per heavy atom. The van der Waals surface area contributed by atoms with Crippen molar-refractivity contribution in [2.45, 2.75) is 45.2 Å². The largest absolute Gasteiger partial charge is 0.508 e. The van der Waals surface area contributed by atoms with E-state index in [0.717, 1.165) is 19.4 Å². The van der Waals surface area contributed by atoms with Crippen molar-refractivity contribution in [3.8, 4) is 5.75 Å². The summed E-state index contributed by atoms with van der Waals surface area (Å²) in [7, 11) is 4.29. The van der Waals surface area contributed by atoms with Crippen molar-refractivity contribution in [2.24, 2.45) is 0 Å². The molecular weight excluding hydrogens is 236 g/mol. The Bertz CT molecular complexity index is 375. The molecule has 0 radical (unpaired) electrons. The Kier molecular flexibility index (Phi) is 5.83. The second-order valence-electron chi connectivity index (χ2n) is 5.59. The summed E-state index contributed by atoms with van der Waals surface area (Å²) in [5.74, 6) is 0.328. The van der Waals surface area contributed by atoms with Gasteiger partial charge in [0, 0.05) is 11.6 Å². The van der Waals surface area contributed by atoms with E-state index < -0.39 is 0 Å². The Balaban J connectivity index is 2.91. The van der Waals surface area contributed by atoms with E-state index in [2.05, 4.69) is 45.1 Å². The van der Waals surface area contributed by atoms with E-state index >= 15 is 0 Å². The average molecular weight is 264 g/mol. The summed E-state index contributed by atoms with van der Waals surface area (Å²) < 4.78 is 0. The molecule has 0 saturated carbocycles. The van der Waals surface area contributed by atoms with Crippen LogP contribution in [0.3, 0.4) is 0 Å². The molecule has 1 aromatic rings. The third-order valence-corrected chi connectivity index (χ3v) is 4.31. The molecule has 108 valence electrons. The van der Waals surface area contributed by atoms with Gasteiger partial charge in [0.05, 0.1) is 0 Å². The first kappa shape index (κ1) is 16.0. The third kappa shape index (κ3) is 3.95. The van der Waals surface area contributed by atoms with Crippen molar-refractivity contribution >= 4 is 0 Å². The van der Waals surface area contributed by atoms with E-state index in [1.54, 1.807) is 12.1 Å². The number of benzene rings is 1. The summed E-state index contributed by atoms with van der Waals surface area (Å²) in [5.41, 5.74) is 1.37. The monoisotopic (exact) mass is 264 g/mol. The third-order valence-electron chi connectivity index (χ3n) is 4.31. The minimum Gasteiger partial charge on any atom is -0.508 e. The molecule has 0 amide bonds. The summed E-state index contributed by atoms with van der Waals surface area (Å²) in [6.07, 6.45) is 2.06. The molecule has 3 heteroatoms. The molecule has 0 aliphatic heterocycles. The van der Waals surface area contributed by atoms with Crippen LogP contribution in [0.5, 0.6) is 5.75 Å². The predicted molar refractivity (Wildman–Crippen MR) is 81.7 cm³/mol. The number of hydrogen-bond acceptors (Lipinski definition) is 3. The first-order valence-electron chi connectivity index (χ1n) is 7.12. The summed E-state index contributed by atoms with van der Waals surface area (Å²) in [6.45, 7) is 7.66. The maximum Gasteiger partial charge on any atom is 0.115 e. The summed E-state index contributed by atoms with van der Waals surface area (Å²) in [5, 5.41) is 13.0. The summed E-state index contributed by atoms with van der Waals surface area (Å²) >= 11 is 0. The number of nitrogens with one attached hydrogen (secondary N) is 1. The minimum absolute atomic E-state index is 0.119. The lowest BCUT2D eigenvalue weighted by atomic mass is 9.84. The molecule has 0 aliphatic rings. The fourth-order valence-electron chi connectivity index (χ4n) is 2.50. The molecule has 0 spiro atoms. The maximum absolute atomic E-state index is 9.36. The maximum atomic E-state index is 9.36. The van der Waals surface area contributed by atoms with E-state index in [4.69, 9.17) is 0 Å². The number of aromatic hydroxyl groups is 1. The molecular formula is C16H28N2O. The zero-order valence-electron chi connectivity index (χ0n) is 12.9. The van der Waals surface area contributed by atoms with Crippen molar-refractivity contribution in [2.75, 3.05) is 20.6 Å². The van der Waals surface area contributed by atoms with Gasteiger partial charge >= 0.3 is 0 Å². The van der Waals surface area contributed by atoms with Gasteiger partial charge in [-0.2, -0.15) is 0 Å². The molecule has 2 unspecified atom stereocenters. The zero-order chi connectivity index (χ0) is 14.5. The van der Waals surface area contributed by atoms with E-state index in [1.165, 1.54) is 5.56 Å². The highest BCUT2D eigenvalue weighted by molar-refractivity contribution is 5.27. The van der Waals surface area contributed by atoms with Gasteiger partial charge in [0.25, 0.3) is 0 Å². The number of phenolic OH excluding ortho intramolecular Hbond substituents is 1. The van der Waals surface area contributed by atoms with Gasteiger partial charge in [-0.1, -0.05) is 26.0 Å². The van der Waals surface area contributed by atoms with E-state index in [1.807, 2.05) is 12.1 Å². The number of nitrogens with zero attached hydrogens (tertiary/aromatic N) is 1. The number of hydrogen-bond donors (Lipinski definition) is 2. The smallest absolute Gasteiger partial charge is 0.115 e. The molecule has 0 fully saturated rings. The van der Waals surface area contributed by atoms with Crippen molar-refractivity contribution in [1.82, 2.24) is 10.2 Å². The van der Waals surface area contributed by atoms with E-state index in [-0.39, 0.29) is 5.54 Å². The molecule has 0 bridgehead atoms. The van der Waals surface area contributed by atoms with Crippen molar-refractivity contribution < 1.29 is 5.11 Å². The molecule has 0 aromatic heterocycles. The summed E-state index contributed by atoms with van der Waals surface area (Å²) in [6, 6.07) is 7.92. The Hall–Kier alpha value is -1.06. The highest BCUT2D eigenvalue weighted by atomic mass is 16.3. The van der Waals surface area contributed by atoms with Crippen LogP contribution in [0.2, 0.25) is 0 Å². The zero-order valence-corrected chi connectivity index (χ0v) is 12.9. The highest BCUT2D eigenvalue weighted by Gasteiger charge is 2.34. The summed E-state index contributed by atoms with van der Waals surface area (Å²) in [4.78, 5) is 2.31. The molecule has 0 saturated heterocycles. The van der Waals surface area contributed by atoms with Gasteiger partial charge in [-0.05, 0) is 58.1 Å². The Labute approximate surface area is 117 Å². The van der Waals surface area contributed by atoms with Crippen LogP contribution in [0.25, 0.3) is 0 Å². The molecule has 2 N–H and O–H groups in total. The lowest BCUT2D eigenvalue weighted by molar-refractivity contribution is 0.113. The van der Waals surface area contributed by atoms with Crippen LogP contribution in [0, 0.1) is 0 Å². The van der Waals surface area contributed by atoms with Crippen LogP contribution in [-0.4, -0.2) is 42.2 Å². The van der Waals surface area contributed by atoms with Crippen LogP contribution < -0.4 is 5.32 Å². The number of rotatable bonds is 7. The van der Waals surface area contributed by atoms with Gasteiger partial charge in [-0.15, -0.1) is 0 Å². The fraction of sp³-hybridized carbons (Fsp3) is 0.625. The standard InChI is InChI=1S/C16H28N2O/c1-6-16(3,18(4)5)15(17-7-2)12-13-8-10-14(19)11-9-13/h8-11,15,17,19H,6-7,12H2,1-5H3. The van der Waals surface area contributed by atoms with Crippen molar-refractivity contribution in [1.29, 1.82) is 0 Å². The Morgan fingerprint density at radius 1 is 1.21 bits per heavy atom. The van der Waals surface area contributed by atoms with Crippen LogP contribution in [0.15, 0.2) is 24.3 Å². The molecule has 1 rings (SSSR count). The lowest BCUT2D eigenvalue weighted by Crippen LogP contribution is -2.57. The van der Waals surface area contributed by atoms with Gasteiger partial charge < -0.3 is 15.3 Å². The van der Waals surface area contributed by atoms with Crippen molar-refractivity contribution in [3.63, 3.8) is 0 Å². The van der Waals surface area contributed by atoms with Gasteiger partial charge in [0.1, 0.15) is 5.75 Å². The van der Waals surface area contributed by atoms with Gasteiger partial charge in [-0.25, -0.2) is 0 Å². The molecule has 0 aliphatic carbocycles. The quantitative estimate of drug-likeness (QED) is 0.795. The minimum atomic E-state index is 0.119. The van der Waals surface area contributed by atoms with Crippen LogP contribution in [-0.2, 0) is 6.42 Å². The predicted octanol–water partition coefficient (Wildman–Crippen LogP) is 2.64. The van der Waals surface area contributed by atoms with Crippen LogP contribution in [0.1, 0.15) is 32.8 Å². The van der Waals surface area contributed by atoms with Gasteiger partial charge in [0.15, 0.2) is 0 Å². The first-order valence-corrected chi connectivity index (χ1v) is 7.12. The van der Waals surface area contributed by atoms with E-state index in [0.29, 0.717) is 11.8 Å². The van der Waals surface area contributed by atoms with Gasteiger partial charge in [0.2, 0.25) is 0 Å². The van der Waals surface area contributed by atoms with Gasteiger partial charge in [-0.3, -0.25) is 0 Å². The van der Waals surface area contributed by atoms with Crippen molar-refractivity contribution in [3.05, 3.63) is 29.8 Å². The SMILES string of the molecule is CCNC(Cc1ccc(O)cc1)C(C)(CC)N(C)C. The average Bonchev–Trinajstić information content (AvgIpc) is 2.39. The number of phenols is 1. The molecule has 0 heterocycles. The molecule has 1 aromatic carbocycles. The second-order valence-corrected chi connectivity index (χ2v) is 5.59.